The standard InChI is InChI=1S/C10H14N2O2/c1-7-3-2-4-9(12-7)5-8(6-11)10(13)14/h2-4,8H,5-6,11H2,1H3,(H,13,14). The molecular weight excluding hydrogens is 180 g/mol. The van der Waals surface area contributed by atoms with E-state index in [2.05, 4.69) is 4.98 Å². The number of aliphatic carboxylic acids is 1. The van der Waals surface area contributed by atoms with Crippen LogP contribution in [-0.2, 0) is 11.2 Å². The van der Waals surface area contributed by atoms with Gasteiger partial charge >= 0.3 is 5.97 Å². The largest absolute Gasteiger partial charge is 0.481 e. The molecule has 0 amide bonds. The Kier molecular flexibility index (Phi) is 3.59. The summed E-state index contributed by atoms with van der Waals surface area (Å²) in [5, 5.41) is 8.80. The van der Waals surface area contributed by atoms with Crippen LogP contribution >= 0.6 is 0 Å². The van der Waals surface area contributed by atoms with Crippen LogP contribution in [0.15, 0.2) is 18.2 Å². The van der Waals surface area contributed by atoms with Gasteiger partial charge in [0.1, 0.15) is 0 Å². The highest BCUT2D eigenvalue weighted by molar-refractivity contribution is 5.70. The van der Waals surface area contributed by atoms with E-state index in [-0.39, 0.29) is 6.54 Å². The molecule has 0 bridgehead atoms. The maximum atomic E-state index is 10.7. The molecule has 0 aliphatic rings. The molecule has 1 unspecified atom stereocenters. The fourth-order valence-corrected chi connectivity index (χ4v) is 1.24. The summed E-state index contributed by atoms with van der Waals surface area (Å²) < 4.78 is 0. The molecule has 0 radical (unpaired) electrons. The van der Waals surface area contributed by atoms with E-state index in [0.717, 1.165) is 11.4 Å². The van der Waals surface area contributed by atoms with Gasteiger partial charge in [-0.3, -0.25) is 9.78 Å². The molecule has 4 heteroatoms. The number of rotatable bonds is 4. The Bertz CT molecular complexity index is 326. The van der Waals surface area contributed by atoms with E-state index in [1.165, 1.54) is 0 Å². The summed E-state index contributed by atoms with van der Waals surface area (Å²) in [7, 11) is 0. The number of hydrogen-bond donors (Lipinski definition) is 2. The van der Waals surface area contributed by atoms with Gasteiger partial charge in [-0.05, 0) is 19.1 Å². The number of nitrogens with two attached hydrogens (primary N) is 1. The van der Waals surface area contributed by atoms with E-state index in [1.54, 1.807) is 0 Å². The summed E-state index contributed by atoms with van der Waals surface area (Å²) in [6, 6.07) is 5.56. The van der Waals surface area contributed by atoms with Gasteiger partial charge in [-0.2, -0.15) is 0 Å². The Morgan fingerprint density at radius 3 is 2.86 bits per heavy atom. The highest BCUT2D eigenvalue weighted by Gasteiger charge is 2.16. The van der Waals surface area contributed by atoms with Crippen LogP contribution < -0.4 is 5.73 Å². The zero-order valence-electron chi connectivity index (χ0n) is 8.10. The molecule has 0 saturated carbocycles. The van der Waals surface area contributed by atoms with Crippen molar-refractivity contribution >= 4 is 5.97 Å². The van der Waals surface area contributed by atoms with Crippen molar-refractivity contribution in [2.24, 2.45) is 11.7 Å². The first-order chi connectivity index (χ1) is 6.63. The summed E-state index contributed by atoms with van der Waals surface area (Å²) in [6.07, 6.45) is 0.396. The van der Waals surface area contributed by atoms with Crippen LogP contribution in [0.2, 0.25) is 0 Å². The van der Waals surface area contributed by atoms with Crippen LogP contribution in [0, 0.1) is 12.8 Å². The van der Waals surface area contributed by atoms with Crippen molar-refractivity contribution in [1.29, 1.82) is 0 Å². The smallest absolute Gasteiger partial charge is 0.308 e. The Labute approximate surface area is 82.8 Å². The van der Waals surface area contributed by atoms with Crippen molar-refractivity contribution in [1.82, 2.24) is 4.98 Å². The van der Waals surface area contributed by atoms with Crippen molar-refractivity contribution in [3.8, 4) is 0 Å². The minimum atomic E-state index is -0.865. The van der Waals surface area contributed by atoms with E-state index in [4.69, 9.17) is 10.8 Å². The number of aryl methyl sites for hydroxylation is 1. The maximum Gasteiger partial charge on any atom is 0.308 e. The molecule has 3 N–H and O–H groups in total. The molecule has 1 aromatic heterocycles. The van der Waals surface area contributed by atoms with Crippen LogP contribution in [0.3, 0.4) is 0 Å². The number of carboxylic acids is 1. The molecule has 0 aliphatic carbocycles. The molecule has 0 aliphatic heterocycles. The number of carbonyl (C=O) groups is 1. The molecule has 4 nitrogen and oxygen atoms in total. The average Bonchev–Trinajstić information content (AvgIpc) is 2.14. The quantitative estimate of drug-likeness (QED) is 0.735. The Hall–Kier alpha value is -1.42. The van der Waals surface area contributed by atoms with Gasteiger partial charge in [-0.25, -0.2) is 0 Å². The SMILES string of the molecule is Cc1cccc(CC(CN)C(=O)O)n1. The zero-order valence-corrected chi connectivity index (χ0v) is 8.10. The van der Waals surface area contributed by atoms with Gasteiger partial charge in [0.05, 0.1) is 5.92 Å². The summed E-state index contributed by atoms with van der Waals surface area (Å²) in [5.74, 6) is -1.40. The second-order valence-corrected chi connectivity index (χ2v) is 3.25. The Morgan fingerprint density at radius 1 is 1.64 bits per heavy atom. The molecule has 0 spiro atoms. The lowest BCUT2D eigenvalue weighted by Crippen LogP contribution is -2.25. The predicted molar refractivity (Wildman–Crippen MR) is 52.9 cm³/mol. The van der Waals surface area contributed by atoms with E-state index >= 15 is 0 Å². The monoisotopic (exact) mass is 194 g/mol. The van der Waals surface area contributed by atoms with Crippen LogP contribution in [-0.4, -0.2) is 22.6 Å². The van der Waals surface area contributed by atoms with Crippen molar-refractivity contribution in [2.45, 2.75) is 13.3 Å². The van der Waals surface area contributed by atoms with Crippen LogP contribution in [0.5, 0.6) is 0 Å². The molecule has 1 atom stereocenters. The average molecular weight is 194 g/mol. The number of pyridine rings is 1. The van der Waals surface area contributed by atoms with Gasteiger partial charge in [-0.15, -0.1) is 0 Å². The Balaban J connectivity index is 2.72. The first-order valence-electron chi connectivity index (χ1n) is 4.49. The zero-order chi connectivity index (χ0) is 10.6. The molecule has 0 saturated heterocycles. The van der Waals surface area contributed by atoms with Gasteiger partial charge in [0.2, 0.25) is 0 Å². The van der Waals surface area contributed by atoms with Crippen molar-refractivity contribution in [3.63, 3.8) is 0 Å². The summed E-state index contributed by atoms with van der Waals surface area (Å²) >= 11 is 0. The first-order valence-corrected chi connectivity index (χ1v) is 4.49. The van der Waals surface area contributed by atoms with E-state index in [1.807, 2.05) is 25.1 Å². The number of nitrogens with zero attached hydrogens (tertiary/aromatic N) is 1. The summed E-state index contributed by atoms with van der Waals surface area (Å²) in [6.45, 7) is 2.02. The highest BCUT2D eigenvalue weighted by atomic mass is 16.4. The van der Waals surface area contributed by atoms with E-state index < -0.39 is 11.9 Å². The van der Waals surface area contributed by atoms with Crippen LogP contribution in [0.25, 0.3) is 0 Å². The lowest BCUT2D eigenvalue weighted by atomic mass is 10.0. The van der Waals surface area contributed by atoms with Gasteiger partial charge < -0.3 is 10.8 Å². The van der Waals surface area contributed by atoms with Gasteiger partial charge in [0.25, 0.3) is 0 Å². The molecule has 0 aromatic carbocycles. The van der Waals surface area contributed by atoms with Crippen molar-refractivity contribution in [3.05, 3.63) is 29.6 Å². The molecule has 1 aromatic rings. The van der Waals surface area contributed by atoms with Gasteiger partial charge in [-0.1, -0.05) is 6.07 Å². The fraction of sp³-hybridized carbons (Fsp3) is 0.400. The molecule has 76 valence electrons. The number of carboxylic acid groups (broad SMARTS) is 1. The molecule has 1 heterocycles. The number of aromatic nitrogens is 1. The van der Waals surface area contributed by atoms with Crippen molar-refractivity contribution in [2.75, 3.05) is 6.54 Å². The maximum absolute atomic E-state index is 10.7. The summed E-state index contributed by atoms with van der Waals surface area (Å²) in [4.78, 5) is 14.9. The Morgan fingerprint density at radius 2 is 2.36 bits per heavy atom. The first kappa shape index (κ1) is 10.7. The van der Waals surface area contributed by atoms with E-state index in [0.29, 0.717) is 6.42 Å². The van der Waals surface area contributed by atoms with E-state index in [9.17, 15) is 4.79 Å². The normalized spacial score (nSPS) is 12.4. The van der Waals surface area contributed by atoms with Crippen LogP contribution in [0.4, 0.5) is 0 Å². The predicted octanol–water partition coefficient (Wildman–Crippen LogP) is 0.592. The third-order valence-corrected chi connectivity index (χ3v) is 2.04. The van der Waals surface area contributed by atoms with Crippen molar-refractivity contribution < 1.29 is 9.90 Å². The molecule has 0 fully saturated rings. The lowest BCUT2D eigenvalue weighted by Gasteiger charge is -2.08. The fourth-order valence-electron chi connectivity index (χ4n) is 1.24. The third-order valence-electron chi connectivity index (χ3n) is 2.04. The number of hydrogen-bond acceptors (Lipinski definition) is 3. The summed E-state index contributed by atoms with van der Waals surface area (Å²) in [5.41, 5.74) is 7.02. The molecular formula is C10H14N2O2. The highest BCUT2D eigenvalue weighted by Crippen LogP contribution is 2.06. The lowest BCUT2D eigenvalue weighted by molar-refractivity contribution is -0.141. The minimum Gasteiger partial charge on any atom is -0.481 e. The molecule has 14 heavy (non-hydrogen) atoms. The minimum absolute atomic E-state index is 0.144. The topological polar surface area (TPSA) is 76.2 Å². The second kappa shape index (κ2) is 4.72. The van der Waals surface area contributed by atoms with Crippen LogP contribution in [0.1, 0.15) is 11.4 Å². The third kappa shape index (κ3) is 2.81. The second-order valence-electron chi connectivity index (χ2n) is 3.25. The van der Waals surface area contributed by atoms with Gasteiger partial charge in [0.15, 0.2) is 0 Å². The molecule has 1 rings (SSSR count). The van der Waals surface area contributed by atoms with Gasteiger partial charge in [0, 0.05) is 24.4 Å².